The van der Waals surface area contributed by atoms with Crippen LogP contribution in [0.5, 0.6) is 0 Å². The van der Waals surface area contributed by atoms with Gasteiger partial charge >= 0.3 is 0 Å². The molecule has 2 rings (SSSR count). The number of nitrogens with one attached hydrogen (secondary N) is 1. The first kappa shape index (κ1) is 9.99. The fourth-order valence-electron chi connectivity index (χ4n) is 1.86. The molecule has 1 N–H and O–H groups in total. The summed E-state index contributed by atoms with van der Waals surface area (Å²) in [5.41, 5.74) is 2.57. The average molecular weight is 200 g/mol. The van der Waals surface area contributed by atoms with E-state index in [9.17, 15) is 0 Å². The van der Waals surface area contributed by atoms with Crippen LogP contribution in [0, 0.1) is 0 Å². The normalized spacial score (nSPS) is 11.1. The van der Waals surface area contributed by atoms with Gasteiger partial charge in [-0.15, -0.1) is 6.58 Å². The summed E-state index contributed by atoms with van der Waals surface area (Å²) in [6.07, 6.45) is 3.92. The van der Waals surface area contributed by atoms with E-state index in [1.54, 1.807) is 0 Å². The van der Waals surface area contributed by atoms with Crippen molar-refractivity contribution < 1.29 is 0 Å². The van der Waals surface area contributed by atoms with Crippen molar-refractivity contribution in [2.45, 2.75) is 6.54 Å². The Labute approximate surface area is 90.2 Å². The fraction of sp³-hybridized carbons (Fsp3) is 0.231. The van der Waals surface area contributed by atoms with Crippen molar-refractivity contribution in [3.63, 3.8) is 0 Å². The first-order valence-electron chi connectivity index (χ1n) is 5.15. The minimum absolute atomic E-state index is 0.917. The molecule has 2 heteroatoms. The molecular weight excluding hydrogens is 184 g/mol. The summed E-state index contributed by atoms with van der Waals surface area (Å²) in [7, 11) is 2.10. The Morgan fingerprint density at radius 2 is 2.27 bits per heavy atom. The Hall–Kier alpha value is -1.54. The molecule has 2 nitrogen and oxygen atoms in total. The van der Waals surface area contributed by atoms with Gasteiger partial charge in [0.25, 0.3) is 0 Å². The number of nitrogens with zero attached hydrogens (tertiary/aromatic N) is 1. The van der Waals surface area contributed by atoms with E-state index in [4.69, 9.17) is 0 Å². The van der Waals surface area contributed by atoms with Crippen molar-refractivity contribution in [1.29, 1.82) is 0 Å². The van der Waals surface area contributed by atoms with Crippen LogP contribution in [0.25, 0.3) is 10.9 Å². The molecule has 2 aromatic rings. The van der Waals surface area contributed by atoms with Gasteiger partial charge in [-0.1, -0.05) is 18.2 Å². The minimum atomic E-state index is 0.917. The van der Waals surface area contributed by atoms with Gasteiger partial charge in [0.05, 0.1) is 0 Å². The summed E-state index contributed by atoms with van der Waals surface area (Å²) in [4.78, 5) is 5.47. The highest BCUT2D eigenvalue weighted by molar-refractivity contribution is 5.82. The summed E-state index contributed by atoms with van der Waals surface area (Å²) in [6, 6.07) is 8.50. The monoisotopic (exact) mass is 200 g/mol. The molecule has 0 saturated carbocycles. The minimum Gasteiger partial charge on any atom is -0.361 e. The number of benzene rings is 1. The molecule has 1 aromatic heterocycles. The van der Waals surface area contributed by atoms with Gasteiger partial charge in [-0.3, -0.25) is 4.90 Å². The van der Waals surface area contributed by atoms with E-state index >= 15 is 0 Å². The number of hydrogen-bond acceptors (Lipinski definition) is 1. The molecular formula is C13H16N2. The molecule has 0 unspecified atom stereocenters. The Morgan fingerprint density at radius 1 is 1.40 bits per heavy atom. The zero-order chi connectivity index (χ0) is 10.7. The van der Waals surface area contributed by atoms with Crippen LogP contribution in [-0.2, 0) is 6.54 Å². The lowest BCUT2D eigenvalue weighted by Crippen LogP contribution is -2.17. The van der Waals surface area contributed by atoms with Crippen LogP contribution in [0.3, 0.4) is 0 Å². The second-order valence-corrected chi connectivity index (χ2v) is 3.84. The Bertz CT molecular complexity index is 456. The molecule has 0 aliphatic rings. The molecule has 15 heavy (non-hydrogen) atoms. The molecule has 78 valence electrons. The lowest BCUT2D eigenvalue weighted by atomic mass is 10.1. The SMILES string of the molecule is C=CCN(C)Cc1cccc2[nH]ccc12. The maximum atomic E-state index is 3.75. The zero-order valence-corrected chi connectivity index (χ0v) is 9.03. The number of hydrogen-bond donors (Lipinski definition) is 1. The van der Waals surface area contributed by atoms with Crippen molar-refractivity contribution in [2.24, 2.45) is 0 Å². The first-order valence-corrected chi connectivity index (χ1v) is 5.15. The Balaban J connectivity index is 2.27. The molecule has 1 heterocycles. The van der Waals surface area contributed by atoms with Gasteiger partial charge in [-0.05, 0) is 24.7 Å². The van der Waals surface area contributed by atoms with Crippen molar-refractivity contribution in [3.05, 3.63) is 48.7 Å². The molecule has 0 aliphatic carbocycles. The second-order valence-electron chi connectivity index (χ2n) is 3.84. The van der Waals surface area contributed by atoms with E-state index in [-0.39, 0.29) is 0 Å². The maximum Gasteiger partial charge on any atom is 0.0457 e. The standard InChI is InChI=1S/C13H16N2/c1-3-9-15(2)10-11-5-4-6-13-12(11)7-8-14-13/h3-8,14H,1,9-10H2,2H3. The lowest BCUT2D eigenvalue weighted by molar-refractivity contribution is 0.365. The second kappa shape index (κ2) is 4.32. The third kappa shape index (κ3) is 2.10. The number of aromatic amines is 1. The van der Waals surface area contributed by atoms with Gasteiger partial charge in [0.1, 0.15) is 0 Å². The predicted molar refractivity (Wildman–Crippen MR) is 64.8 cm³/mol. The summed E-state index contributed by atoms with van der Waals surface area (Å²) >= 11 is 0. The quantitative estimate of drug-likeness (QED) is 0.752. The predicted octanol–water partition coefficient (Wildman–Crippen LogP) is 2.79. The highest BCUT2D eigenvalue weighted by Crippen LogP contribution is 2.18. The third-order valence-corrected chi connectivity index (χ3v) is 2.57. The molecule has 0 atom stereocenters. The molecule has 0 spiro atoms. The highest BCUT2D eigenvalue weighted by atomic mass is 15.1. The van der Waals surface area contributed by atoms with Crippen LogP contribution < -0.4 is 0 Å². The molecule has 0 fully saturated rings. The molecule has 0 aliphatic heterocycles. The maximum absolute atomic E-state index is 3.75. The molecule has 0 radical (unpaired) electrons. The summed E-state index contributed by atoms with van der Waals surface area (Å²) < 4.78 is 0. The topological polar surface area (TPSA) is 19.0 Å². The Kier molecular flexibility index (Phi) is 2.88. The lowest BCUT2D eigenvalue weighted by Gasteiger charge is -2.14. The van der Waals surface area contributed by atoms with E-state index in [2.05, 4.69) is 47.8 Å². The van der Waals surface area contributed by atoms with Crippen molar-refractivity contribution >= 4 is 10.9 Å². The van der Waals surface area contributed by atoms with Crippen LogP contribution in [0.15, 0.2) is 43.1 Å². The van der Waals surface area contributed by atoms with Crippen LogP contribution >= 0.6 is 0 Å². The largest absolute Gasteiger partial charge is 0.361 e. The number of aromatic nitrogens is 1. The van der Waals surface area contributed by atoms with E-state index in [1.807, 2.05) is 12.3 Å². The number of H-pyrrole nitrogens is 1. The van der Waals surface area contributed by atoms with Crippen LogP contribution in [0.1, 0.15) is 5.56 Å². The van der Waals surface area contributed by atoms with Crippen LogP contribution in [0.4, 0.5) is 0 Å². The summed E-state index contributed by atoms with van der Waals surface area (Å²) in [5.74, 6) is 0. The summed E-state index contributed by atoms with van der Waals surface area (Å²) in [5, 5.41) is 1.31. The van der Waals surface area contributed by atoms with Crippen molar-refractivity contribution in [3.8, 4) is 0 Å². The molecule has 0 bridgehead atoms. The van der Waals surface area contributed by atoms with Crippen LogP contribution in [-0.4, -0.2) is 23.5 Å². The fourth-order valence-corrected chi connectivity index (χ4v) is 1.86. The highest BCUT2D eigenvalue weighted by Gasteiger charge is 2.03. The number of fused-ring (bicyclic) bond motifs is 1. The molecule has 0 saturated heterocycles. The van der Waals surface area contributed by atoms with Gasteiger partial charge in [-0.25, -0.2) is 0 Å². The average Bonchev–Trinajstić information content (AvgIpc) is 2.67. The van der Waals surface area contributed by atoms with Crippen LogP contribution in [0.2, 0.25) is 0 Å². The number of rotatable bonds is 4. The van der Waals surface area contributed by atoms with Gasteiger partial charge < -0.3 is 4.98 Å². The van der Waals surface area contributed by atoms with Gasteiger partial charge in [0.2, 0.25) is 0 Å². The van der Waals surface area contributed by atoms with Crippen molar-refractivity contribution in [1.82, 2.24) is 9.88 Å². The Morgan fingerprint density at radius 3 is 3.07 bits per heavy atom. The van der Waals surface area contributed by atoms with E-state index < -0.39 is 0 Å². The smallest absolute Gasteiger partial charge is 0.0457 e. The number of likely N-dealkylation sites (N-methyl/N-ethyl adjacent to an activating group) is 1. The van der Waals surface area contributed by atoms with Gasteiger partial charge in [0.15, 0.2) is 0 Å². The van der Waals surface area contributed by atoms with E-state index in [0.29, 0.717) is 0 Å². The van der Waals surface area contributed by atoms with Crippen molar-refractivity contribution in [2.75, 3.05) is 13.6 Å². The third-order valence-electron chi connectivity index (χ3n) is 2.57. The van der Waals surface area contributed by atoms with Gasteiger partial charge in [0, 0.05) is 30.2 Å². The summed E-state index contributed by atoms with van der Waals surface area (Å²) in [6.45, 7) is 5.62. The zero-order valence-electron chi connectivity index (χ0n) is 9.03. The van der Waals surface area contributed by atoms with E-state index in [1.165, 1.54) is 16.5 Å². The van der Waals surface area contributed by atoms with Gasteiger partial charge in [-0.2, -0.15) is 0 Å². The molecule has 1 aromatic carbocycles. The van der Waals surface area contributed by atoms with E-state index in [0.717, 1.165) is 13.1 Å². The first-order chi connectivity index (χ1) is 7.31. The molecule has 0 amide bonds.